The van der Waals surface area contributed by atoms with Crippen molar-refractivity contribution in [2.45, 2.75) is 32.0 Å². The topological polar surface area (TPSA) is 35.2 Å². The van der Waals surface area contributed by atoms with Crippen LogP contribution < -0.4 is 4.74 Å². The van der Waals surface area contributed by atoms with Crippen molar-refractivity contribution in [3.8, 4) is 5.75 Å². The number of ether oxygens (including phenoxy) is 1. The Kier molecular flexibility index (Phi) is 5.88. The van der Waals surface area contributed by atoms with E-state index in [-0.39, 0.29) is 0 Å². The van der Waals surface area contributed by atoms with Crippen LogP contribution in [0.4, 0.5) is 0 Å². The highest BCUT2D eigenvalue weighted by Gasteiger charge is 2.21. The molecule has 2 heterocycles. The van der Waals surface area contributed by atoms with E-state index >= 15 is 0 Å². The van der Waals surface area contributed by atoms with E-state index in [9.17, 15) is 0 Å². The zero-order valence-corrected chi connectivity index (χ0v) is 17.0. The van der Waals surface area contributed by atoms with E-state index < -0.39 is 0 Å². The summed E-state index contributed by atoms with van der Waals surface area (Å²) < 4.78 is 10.4. The van der Waals surface area contributed by atoms with E-state index in [0.29, 0.717) is 12.5 Å². The first-order chi connectivity index (χ1) is 13.7. The molecule has 1 aliphatic heterocycles. The number of rotatable bonds is 6. The van der Waals surface area contributed by atoms with Gasteiger partial charge in [0.1, 0.15) is 12.4 Å². The van der Waals surface area contributed by atoms with E-state index in [1.807, 2.05) is 46.6 Å². The molecule has 6 heteroatoms. The van der Waals surface area contributed by atoms with Gasteiger partial charge in [0.15, 0.2) is 10.6 Å². The molecule has 5 nitrogen and oxygen atoms in total. The predicted molar refractivity (Wildman–Crippen MR) is 113 cm³/mol. The summed E-state index contributed by atoms with van der Waals surface area (Å²) in [7, 11) is 1.96. The summed E-state index contributed by atoms with van der Waals surface area (Å²) in [4.78, 5) is 2.43. The van der Waals surface area contributed by atoms with Crippen molar-refractivity contribution >= 4 is 12.2 Å². The highest BCUT2D eigenvalue weighted by Crippen LogP contribution is 2.27. The fraction of sp³-hybridized carbons (Fsp3) is 0.364. The maximum Gasteiger partial charge on any atom is 0.198 e. The van der Waals surface area contributed by atoms with Crippen LogP contribution in [0, 0.1) is 4.77 Å². The van der Waals surface area contributed by atoms with Crippen LogP contribution in [-0.2, 0) is 20.3 Å². The molecule has 146 valence electrons. The Bertz CT molecular complexity index is 944. The molecule has 1 aromatic heterocycles. The molecule has 0 N–H and O–H groups in total. The molecule has 0 unspecified atom stereocenters. The van der Waals surface area contributed by atoms with E-state index in [1.54, 1.807) is 0 Å². The third kappa shape index (κ3) is 4.34. The van der Waals surface area contributed by atoms with Crippen molar-refractivity contribution in [1.29, 1.82) is 0 Å². The average Bonchev–Trinajstić information content (AvgIpc) is 3.02. The molecule has 0 radical (unpaired) electrons. The van der Waals surface area contributed by atoms with Crippen LogP contribution in [-0.4, -0.2) is 32.3 Å². The number of para-hydroxylation sites is 1. The first kappa shape index (κ1) is 18.9. The SMILES string of the molecule is Cn1c(COc2ccccc2)nn(CN2CCC(c3ccccc3)CC2)c1=S. The highest BCUT2D eigenvalue weighted by atomic mass is 32.1. The van der Waals surface area contributed by atoms with Crippen LogP contribution in [0.1, 0.15) is 30.1 Å². The minimum Gasteiger partial charge on any atom is -0.486 e. The molecular weight excluding hydrogens is 368 g/mol. The summed E-state index contributed by atoms with van der Waals surface area (Å²) >= 11 is 5.59. The van der Waals surface area contributed by atoms with Crippen molar-refractivity contribution in [2.75, 3.05) is 13.1 Å². The number of aromatic nitrogens is 3. The van der Waals surface area contributed by atoms with Crippen LogP contribution in [0.2, 0.25) is 0 Å². The van der Waals surface area contributed by atoms with Gasteiger partial charge in [0, 0.05) is 20.1 Å². The number of hydrogen-bond donors (Lipinski definition) is 0. The Labute approximate surface area is 171 Å². The third-order valence-corrected chi connectivity index (χ3v) is 5.92. The lowest BCUT2D eigenvalue weighted by Gasteiger charge is -2.31. The summed E-state index contributed by atoms with van der Waals surface area (Å²) in [6.07, 6.45) is 2.35. The molecule has 3 aromatic rings. The summed E-state index contributed by atoms with van der Waals surface area (Å²) in [5, 5.41) is 4.70. The molecule has 0 bridgehead atoms. The lowest BCUT2D eigenvalue weighted by Crippen LogP contribution is -2.35. The molecule has 2 aromatic carbocycles. The van der Waals surface area contributed by atoms with Gasteiger partial charge in [0.25, 0.3) is 0 Å². The van der Waals surface area contributed by atoms with E-state index in [4.69, 9.17) is 22.1 Å². The summed E-state index contributed by atoms with van der Waals surface area (Å²) in [5.74, 6) is 2.34. The van der Waals surface area contributed by atoms with Crippen LogP contribution in [0.25, 0.3) is 0 Å². The average molecular weight is 395 g/mol. The number of benzene rings is 2. The molecule has 0 spiro atoms. The first-order valence-electron chi connectivity index (χ1n) is 9.78. The van der Waals surface area contributed by atoms with E-state index in [0.717, 1.165) is 36.1 Å². The summed E-state index contributed by atoms with van der Waals surface area (Å²) in [6.45, 7) is 3.27. The van der Waals surface area contributed by atoms with Crippen molar-refractivity contribution in [1.82, 2.24) is 19.2 Å². The Balaban J connectivity index is 1.36. The van der Waals surface area contributed by atoms with Gasteiger partial charge in [-0.3, -0.25) is 4.90 Å². The van der Waals surface area contributed by atoms with Gasteiger partial charge >= 0.3 is 0 Å². The first-order valence-corrected chi connectivity index (χ1v) is 10.2. The van der Waals surface area contributed by atoms with Crippen LogP contribution in [0.3, 0.4) is 0 Å². The maximum absolute atomic E-state index is 5.84. The molecule has 1 aliphatic rings. The van der Waals surface area contributed by atoms with Gasteiger partial charge in [-0.25, -0.2) is 4.68 Å². The number of hydrogen-bond acceptors (Lipinski definition) is 4. The highest BCUT2D eigenvalue weighted by molar-refractivity contribution is 7.71. The normalized spacial score (nSPS) is 15.6. The molecule has 0 atom stereocenters. The van der Waals surface area contributed by atoms with Crippen molar-refractivity contribution in [3.63, 3.8) is 0 Å². The lowest BCUT2D eigenvalue weighted by atomic mass is 9.90. The molecule has 0 saturated carbocycles. The second-order valence-corrected chi connectivity index (χ2v) is 7.67. The van der Waals surface area contributed by atoms with Gasteiger partial charge in [0.05, 0.1) is 6.67 Å². The fourth-order valence-corrected chi connectivity index (χ4v) is 3.94. The molecule has 0 aliphatic carbocycles. The maximum atomic E-state index is 5.84. The third-order valence-electron chi connectivity index (χ3n) is 5.43. The molecule has 28 heavy (non-hydrogen) atoms. The zero-order valence-electron chi connectivity index (χ0n) is 16.2. The molecule has 1 saturated heterocycles. The number of likely N-dealkylation sites (tertiary alicyclic amines) is 1. The second kappa shape index (κ2) is 8.71. The Morgan fingerprint density at radius 3 is 2.32 bits per heavy atom. The minimum atomic E-state index is 0.410. The molecule has 1 fully saturated rings. The van der Waals surface area contributed by atoms with Gasteiger partial charge in [-0.05, 0) is 48.7 Å². The fourth-order valence-electron chi connectivity index (χ4n) is 3.74. The van der Waals surface area contributed by atoms with Crippen LogP contribution >= 0.6 is 12.2 Å². The van der Waals surface area contributed by atoms with Crippen LogP contribution in [0.5, 0.6) is 5.75 Å². The Hall–Kier alpha value is -2.44. The van der Waals surface area contributed by atoms with Gasteiger partial charge in [-0.1, -0.05) is 48.5 Å². The quantitative estimate of drug-likeness (QED) is 0.582. The second-order valence-electron chi connectivity index (χ2n) is 7.30. The van der Waals surface area contributed by atoms with E-state index in [2.05, 4.69) is 35.2 Å². The Morgan fingerprint density at radius 2 is 1.64 bits per heavy atom. The van der Waals surface area contributed by atoms with Gasteiger partial charge in [-0.2, -0.15) is 5.10 Å². The summed E-state index contributed by atoms with van der Waals surface area (Å²) in [6, 6.07) is 20.6. The number of nitrogens with zero attached hydrogens (tertiary/aromatic N) is 4. The zero-order chi connectivity index (χ0) is 19.3. The van der Waals surface area contributed by atoms with Gasteiger partial charge < -0.3 is 9.30 Å². The standard InChI is InChI=1S/C22H26N4OS/c1-24-21(16-27-20-10-6-3-7-11-20)23-26(22(24)28)17-25-14-12-19(13-15-25)18-8-4-2-5-9-18/h2-11,19H,12-17H2,1H3. The van der Waals surface area contributed by atoms with Gasteiger partial charge in [-0.15, -0.1) is 0 Å². The van der Waals surface area contributed by atoms with Crippen molar-refractivity contribution < 1.29 is 4.74 Å². The van der Waals surface area contributed by atoms with E-state index in [1.165, 1.54) is 18.4 Å². The summed E-state index contributed by atoms with van der Waals surface area (Å²) in [5.41, 5.74) is 1.46. The van der Waals surface area contributed by atoms with Crippen molar-refractivity contribution in [2.24, 2.45) is 7.05 Å². The molecule has 0 amide bonds. The largest absolute Gasteiger partial charge is 0.486 e. The van der Waals surface area contributed by atoms with Gasteiger partial charge in [0.2, 0.25) is 0 Å². The lowest BCUT2D eigenvalue weighted by molar-refractivity contribution is 0.159. The molecule has 4 rings (SSSR count). The predicted octanol–water partition coefficient (Wildman–Crippen LogP) is 4.37. The van der Waals surface area contributed by atoms with Crippen LogP contribution in [0.15, 0.2) is 60.7 Å². The smallest absolute Gasteiger partial charge is 0.198 e. The molecular formula is C22H26N4OS. The van der Waals surface area contributed by atoms with Crippen molar-refractivity contribution in [3.05, 3.63) is 76.8 Å². The number of piperidine rings is 1. The monoisotopic (exact) mass is 394 g/mol. The Morgan fingerprint density at radius 1 is 1.00 bits per heavy atom. The minimum absolute atomic E-state index is 0.410.